The van der Waals surface area contributed by atoms with Crippen LogP contribution in [0, 0.1) is 17.6 Å². The van der Waals surface area contributed by atoms with Gasteiger partial charge in [-0.25, -0.2) is 13.8 Å². The van der Waals surface area contributed by atoms with E-state index in [9.17, 15) is 18.7 Å². The molecule has 0 saturated carbocycles. The Morgan fingerprint density at radius 1 is 1.24 bits per heavy atom. The maximum atomic E-state index is 14.9. The summed E-state index contributed by atoms with van der Waals surface area (Å²) >= 11 is 0. The third kappa shape index (κ3) is 4.47. The van der Waals surface area contributed by atoms with Crippen molar-refractivity contribution < 1.29 is 27.8 Å². The van der Waals surface area contributed by atoms with Crippen molar-refractivity contribution in [3.63, 3.8) is 0 Å². The van der Waals surface area contributed by atoms with Gasteiger partial charge in [0.15, 0.2) is 17.1 Å². The number of carbonyl (C=O) groups excluding carboxylic acids is 1. The van der Waals surface area contributed by atoms with E-state index in [1.807, 2.05) is 11.8 Å². The van der Waals surface area contributed by atoms with Crippen molar-refractivity contribution in [2.45, 2.75) is 19.1 Å². The van der Waals surface area contributed by atoms with Gasteiger partial charge in [-0.2, -0.15) is 0 Å². The van der Waals surface area contributed by atoms with Gasteiger partial charge in [0.2, 0.25) is 0 Å². The molecule has 1 saturated heterocycles. The molecule has 5 rings (SSSR count). The van der Waals surface area contributed by atoms with Crippen LogP contribution in [0.2, 0.25) is 0 Å². The number of hydrogen-bond donors (Lipinski definition) is 3. The number of carbonyl (C=O) groups is 1. The number of nitrogens with one attached hydrogen (secondary N) is 1. The highest BCUT2D eigenvalue weighted by Crippen LogP contribution is 2.36. The fourth-order valence-corrected chi connectivity index (χ4v) is 4.61. The van der Waals surface area contributed by atoms with E-state index in [-0.39, 0.29) is 39.6 Å². The number of aliphatic hydroxyl groups is 1. The molecule has 0 spiro atoms. The third-order valence-electron chi connectivity index (χ3n) is 6.54. The number of furan rings is 1. The molecule has 1 aliphatic rings. The number of nitrogens with two attached hydrogens (primary N) is 1. The van der Waals surface area contributed by atoms with E-state index in [1.165, 1.54) is 37.8 Å². The summed E-state index contributed by atoms with van der Waals surface area (Å²) in [5.74, 6) is -2.48. The predicted octanol–water partition coefficient (Wildman–Crippen LogP) is 3.57. The standard InChI is InChI=1S/C26H25F2N5O4/c1-13-10-33(11-16(29)25(13)34)19-7-8-30-9-18(19)32-26(35)17-4-6-21-24(31-17)14(12-37-21)22-15(27)3-5-20(36-2)23(22)28/h3-9,12-13,16,25,34H,10-11,29H2,1-2H3,(H,32,35). The second-order valence-corrected chi connectivity index (χ2v) is 9.01. The molecule has 4 N–H and O–H groups in total. The van der Waals surface area contributed by atoms with Crippen LogP contribution < -0.4 is 20.7 Å². The van der Waals surface area contributed by atoms with Crippen LogP contribution in [0.3, 0.4) is 0 Å². The van der Waals surface area contributed by atoms with E-state index in [0.717, 1.165) is 6.07 Å². The molecule has 1 amide bonds. The van der Waals surface area contributed by atoms with E-state index in [4.69, 9.17) is 14.9 Å². The summed E-state index contributed by atoms with van der Waals surface area (Å²) in [5, 5.41) is 13.0. The first-order valence-corrected chi connectivity index (χ1v) is 11.6. The molecule has 37 heavy (non-hydrogen) atoms. The lowest BCUT2D eigenvalue weighted by Crippen LogP contribution is -2.55. The van der Waals surface area contributed by atoms with Crippen LogP contribution in [-0.2, 0) is 0 Å². The van der Waals surface area contributed by atoms with E-state index < -0.39 is 29.7 Å². The Morgan fingerprint density at radius 3 is 2.81 bits per heavy atom. The molecule has 4 heterocycles. The van der Waals surface area contributed by atoms with Gasteiger partial charge >= 0.3 is 0 Å². The van der Waals surface area contributed by atoms with E-state index in [0.29, 0.717) is 24.5 Å². The molecule has 0 aliphatic carbocycles. The van der Waals surface area contributed by atoms with Gasteiger partial charge in [-0.15, -0.1) is 0 Å². The highest BCUT2D eigenvalue weighted by Gasteiger charge is 2.32. The number of methoxy groups -OCH3 is 1. The van der Waals surface area contributed by atoms with Gasteiger partial charge in [0.1, 0.15) is 23.3 Å². The molecule has 1 fully saturated rings. The minimum atomic E-state index is -0.902. The second-order valence-electron chi connectivity index (χ2n) is 9.01. The molecule has 1 aliphatic heterocycles. The SMILES string of the molecule is COc1ccc(F)c(-c2coc3ccc(C(=O)Nc4cnccc4N4CC(C)C(O)C(N)C4)nc23)c1F. The van der Waals surface area contributed by atoms with E-state index in [1.54, 1.807) is 12.3 Å². The average molecular weight is 510 g/mol. The Bertz CT molecular complexity index is 1460. The monoisotopic (exact) mass is 509 g/mol. The molecular formula is C26H25F2N5O4. The van der Waals surface area contributed by atoms with Crippen LogP contribution in [0.4, 0.5) is 20.2 Å². The van der Waals surface area contributed by atoms with Crippen LogP contribution in [0.15, 0.2) is 53.4 Å². The van der Waals surface area contributed by atoms with Gasteiger partial charge in [-0.1, -0.05) is 6.92 Å². The number of piperidine rings is 1. The molecule has 0 radical (unpaired) electrons. The minimum Gasteiger partial charge on any atom is -0.494 e. The molecule has 9 nitrogen and oxygen atoms in total. The summed E-state index contributed by atoms with van der Waals surface area (Å²) in [6.45, 7) is 2.85. The van der Waals surface area contributed by atoms with Gasteiger partial charge in [-0.05, 0) is 30.3 Å². The van der Waals surface area contributed by atoms with Crippen molar-refractivity contribution >= 4 is 28.4 Å². The van der Waals surface area contributed by atoms with E-state index >= 15 is 0 Å². The van der Waals surface area contributed by atoms with Gasteiger partial charge in [0.25, 0.3) is 5.91 Å². The number of rotatable bonds is 5. The maximum Gasteiger partial charge on any atom is 0.274 e. The molecule has 4 aromatic rings. The number of anilines is 2. The Kier molecular flexibility index (Phi) is 6.48. The van der Waals surface area contributed by atoms with Crippen LogP contribution in [0.25, 0.3) is 22.2 Å². The maximum absolute atomic E-state index is 14.9. The highest BCUT2D eigenvalue weighted by molar-refractivity contribution is 6.06. The Balaban J connectivity index is 1.47. The molecule has 1 aromatic carbocycles. The first-order valence-electron chi connectivity index (χ1n) is 11.6. The fourth-order valence-electron chi connectivity index (χ4n) is 4.61. The average Bonchev–Trinajstić information content (AvgIpc) is 3.30. The number of amides is 1. The van der Waals surface area contributed by atoms with Crippen molar-refractivity contribution in [3.05, 3.63) is 66.3 Å². The second kappa shape index (κ2) is 9.75. The van der Waals surface area contributed by atoms with Crippen LogP contribution in [-0.4, -0.2) is 53.3 Å². The molecule has 3 atom stereocenters. The summed E-state index contributed by atoms with van der Waals surface area (Å²) in [4.78, 5) is 23.7. The van der Waals surface area contributed by atoms with Gasteiger partial charge < -0.3 is 30.2 Å². The fraction of sp³-hybridized carbons (Fsp3) is 0.269. The van der Waals surface area contributed by atoms with E-state index in [2.05, 4.69) is 15.3 Å². The molecule has 11 heteroatoms. The lowest BCUT2D eigenvalue weighted by atomic mass is 9.92. The number of halogens is 2. The molecular weight excluding hydrogens is 484 g/mol. The number of nitrogens with zero attached hydrogens (tertiary/aromatic N) is 3. The van der Waals surface area contributed by atoms with Crippen molar-refractivity contribution in [2.24, 2.45) is 11.7 Å². The molecule has 0 bridgehead atoms. The topological polar surface area (TPSA) is 127 Å². The van der Waals surface area contributed by atoms with Gasteiger partial charge in [0.05, 0.1) is 41.9 Å². The Morgan fingerprint density at radius 2 is 2.05 bits per heavy atom. The zero-order chi connectivity index (χ0) is 26.3. The lowest BCUT2D eigenvalue weighted by Gasteiger charge is -2.40. The predicted molar refractivity (Wildman–Crippen MR) is 133 cm³/mol. The minimum absolute atomic E-state index is 0.00722. The van der Waals surface area contributed by atoms with Gasteiger partial charge in [0, 0.05) is 31.2 Å². The first-order chi connectivity index (χ1) is 17.8. The Labute approximate surface area is 210 Å². The van der Waals surface area contributed by atoms with Crippen molar-refractivity contribution in [1.29, 1.82) is 0 Å². The molecule has 3 aromatic heterocycles. The largest absolute Gasteiger partial charge is 0.494 e. The van der Waals surface area contributed by atoms with Crippen molar-refractivity contribution in [2.75, 3.05) is 30.4 Å². The number of benzene rings is 1. The van der Waals surface area contributed by atoms with Crippen LogP contribution in [0.1, 0.15) is 17.4 Å². The van der Waals surface area contributed by atoms with Crippen molar-refractivity contribution in [1.82, 2.24) is 9.97 Å². The first kappa shape index (κ1) is 24.6. The number of pyridine rings is 2. The quantitative estimate of drug-likeness (QED) is 0.373. The number of aliphatic hydroxyl groups excluding tert-OH is 1. The number of ether oxygens (including phenoxy) is 1. The third-order valence-corrected chi connectivity index (χ3v) is 6.54. The number of fused-ring (bicyclic) bond motifs is 1. The van der Waals surface area contributed by atoms with Crippen molar-refractivity contribution in [3.8, 4) is 16.9 Å². The smallest absolute Gasteiger partial charge is 0.274 e. The summed E-state index contributed by atoms with van der Waals surface area (Å²) in [6.07, 6.45) is 3.69. The normalized spacial score (nSPS) is 19.7. The molecule has 3 unspecified atom stereocenters. The van der Waals surface area contributed by atoms with Gasteiger partial charge in [-0.3, -0.25) is 9.78 Å². The Hall–Kier alpha value is -4.09. The van der Waals surface area contributed by atoms with Crippen LogP contribution in [0.5, 0.6) is 5.75 Å². The number of hydrogen-bond acceptors (Lipinski definition) is 8. The summed E-state index contributed by atoms with van der Waals surface area (Å²) in [6, 6.07) is 6.54. The zero-order valence-corrected chi connectivity index (χ0v) is 20.1. The molecule has 192 valence electrons. The number of aromatic nitrogens is 2. The summed E-state index contributed by atoms with van der Waals surface area (Å²) in [5.41, 5.74) is 7.31. The summed E-state index contributed by atoms with van der Waals surface area (Å²) < 4.78 is 40.0. The summed E-state index contributed by atoms with van der Waals surface area (Å²) in [7, 11) is 1.28. The highest BCUT2D eigenvalue weighted by atomic mass is 19.1. The zero-order valence-electron chi connectivity index (χ0n) is 20.1. The lowest BCUT2D eigenvalue weighted by molar-refractivity contribution is 0.0785. The van der Waals surface area contributed by atoms with Crippen LogP contribution >= 0.6 is 0 Å².